The SMILES string of the molecule is C=Cc1ccccc1C(=O)[N+](C)(C)C. The van der Waals surface area contributed by atoms with Gasteiger partial charge < -0.3 is 0 Å². The molecule has 0 aliphatic heterocycles. The fourth-order valence-corrected chi connectivity index (χ4v) is 1.23. The molecule has 0 atom stereocenters. The molecule has 14 heavy (non-hydrogen) atoms. The van der Waals surface area contributed by atoms with Crippen molar-refractivity contribution in [3.8, 4) is 0 Å². The molecule has 1 aromatic rings. The Kier molecular flexibility index (Phi) is 2.87. The largest absolute Gasteiger partial charge is 0.345 e. The molecule has 74 valence electrons. The number of hydrogen-bond acceptors (Lipinski definition) is 1. The minimum Gasteiger partial charge on any atom is -0.263 e. The lowest BCUT2D eigenvalue weighted by Gasteiger charge is -2.21. The minimum absolute atomic E-state index is 0.0977. The Balaban J connectivity index is 3.19. The molecule has 0 N–H and O–H groups in total. The van der Waals surface area contributed by atoms with E-state index in [9.17, 15) is 4.79 Å². The molecular weight excluding hydrogens is 174 g/mol. The molecule has 0 unspecified atom stereocenters. The van der Waals surface area contributed by atoms with Crippen molar-refractivity contribution in [1.29, 1.82) is 0 Å². The van der Waals surface area contributed by atoms with E-state index in [1.165, 1.54) is 0 Å². The third-order valence-corrected chi connectivity index (χ3v) is 2.02. The predicted molar refractivity (Wildman–Crippen MR) is 58.9 cm³/mol. The fraction of sp³-hybridized carbons (Fsp3) is 0.250. The molecule has 0 aromatic heterocycles. The summed E-state index contributed by atoms with van der Waals surface area (Å²) in [5, 5.41) is 0. The molecule has 0 heterocycles. The molecular formula is C12H16NO+. The average Bonchev–Trinajstić information content (AvgIpc) is 2.15. The molecule has 2 nitrogen and oxygen atoms in total. The monoisotopic (exact) mass is 190 g/mol. The summed E-state index contributed by atoms with van der Waals surface area (Å²) in [6, 6.07) is 7.51. The third-order valence-electron chi connectivity index (χ3n) is 2.02. The van der Waals surface area contributed by atoms with Gasteiger partial charge in [-0.3, -0.25) is 4.48 Å². The van der Waals surface area contributed by atoms with Crippen LogP contribution in [0.25, 0.3) is 6.08 Å². The standard InChI is InChI=1S/C12H16NO/c1-5-10-8-6-7-9-11(10)12(14)13(2,3)4/h5-9H,1H2,2-4H3/q+1. The van der Waals surface area contributed by atoms with Crippen molar-refractivity contribution >= 4 is 12.0 Å². The fourth-order valence-electron chi connectivity index (χ4n) is 1.23. The van der Waals surface area contributed by atoms with Crippen LogP contribution < -0.4 is 0 Å². The van der Waals surface area contributed by atoms with Gasteiger partial charge in [0.2, 0.25) is 0 Å². The summed E-state index contributed by atoms with van der Waals surface area (Å²) in [4.78, 5) is 12.0. The Morgan fingerprint density at radius 3 is 2.36 bits per heavy atom. The van der Waals surface area contributed by atoms with Gasteiger partial charge in [-0.2, -0.15) is 0 Å². The molecule has 1 amide bonds. The van der Waals surface area contributed by atoms with E-state index in [1.807, 2.05) is 45.4 Å². The van der Waals surface area contributed by atoms with Crippen molar-refractivity contribution in [2.75, 3.05) is 21.1 Å². The van der Waals surface area contributed by atoms with E-state index in [1.54, 1.807) is 6.08 Å². The molecule has 0 aliphatic rings. The summed E-state index contributed by atoms with van der Waals surface area (Å²) < 4.78 is 0.296. The second-order valence-electron chi connectivity index (χ2n) is 4.11. The summed E-state index contributed by atoms with van der Waals surface area (Å²) in [5.41, 5.74) is 1.63. The van der Waals surface area contributed by atoms with Gasteiger partial charge in [0.05, 0.1) is 26.7 Å². The topological polar surface area (TPSA) is 17.1 Å². The first-order chi connectivity index (χ1) is 6.46. The highest BCUT2D eigenvalue weighted by molar-refractivity contribution is 5.92. The Morgan fingerprint density at radius 2 is 1.86 bits per heavy atom. The van der Waals surface area contributed by atoms with Crippen molar-refractivity contribution in [2.45, 2.75) is 0 Å². The lowest BCUT2D eigenvalue weighted by atomic mass is 10.1. The van der Waals surface area contributed by atoms with Crippen LogP contribution in [0.3, 0.4) is 0 Å². The molecule has 0 bridgehead atoms. The van der Waals surface area contributed by atoms with Gasteiger partial charge >= 0.3 is 5.91 Å². The van der Waals surface area contributed by atoms with Crippen LogP contribution in [0.15, 0.2) is 30.8 Å². The maximum absolute atomic E-state index is 12.0. The van der Waals surface area contributed by atoms with Gasteiger partial charge in [0.25, 0.3) is 0 Å². The molecule has 1 aromatic carbocycles. The molecule has 0 spiro atoms. The first-order valence-electron chi connectivity index (χ1n) is 4.54. The minimum atomic E-state index is 0.0977. The Labute approximate surface area is 85.1 Å². The number of amides is 1. The molecule has 0 fully saturated rings. The summed E-state index contributed by atoms with van der Waals surface area (Å²) in [6.45, 7) is 3.70. The number of carbonyl (C=O) groups is 1. The van der Waals surface area contributed by atoms with E-state index < -0.39 is 0 Å². The summed E-state index contributed by atoms with van der Waals surface area (Å²) in [6.07, 6.45) is 1.71. The van der Waals surface area contributed by atoms with Crippen molar-refractivity contribution < 1.29 is 9.28 Å². The molecule has 0 radical (unpaired) electrons. The maximum atomic E-state index is 12.0. The van der Waals surface area contributed by atoms with Crippen LogP contribution in [0.4, 0.5) is 0 Å². The number of carbonyl (C=O) groups excluding carboxylic acids is 1. The molecule has 0 saturated carbocycles. The number of rotatable bonds is 2. The summed E-state index contributed by atoms with van der Waals surface area (Å²) in [7, 11) is 5.59. The van der Waals surface area contributed by atoms with Crippen molar-refractivity contribution in [1.82, 2.24) is 0 Å². The van der Waals surface area contributed by atoms with E-state index in [0.29, 0.717) is 4.48 Å². The number of benzene rings is 1. The smallest absolute Gasteiger partial charge is 0.263 e. The third kappa shape index (κ3) is 2.09. The van der Waals surface area contributed by atoms with E-state index >= 15 is 0 Å². The summed E-state index contributed by atoms with van der Waals surface area (Å²) >= 11 is 0. The van der Waals surface area contributed by atoms with Gasteiger partial charge in [0.1, 0.15) is 0 Å². The van der Waals surface area contributed by atoms with Gasteiger partial charge in [0.15, 0.2) is 0 Å². The lowest BCUT2D eigenvalue weighted by molar-refractivity contribution is -0.785. The highest BCUT2D eigenvalue weighted by atomic mass is 16.2. The van der Waals surface area contributed by atoms with Crippen molar-refractivity contribution in [3.05, 3.63) is 42.0 Å². The zero-order chi connectivity index (χ0) is 10.8. The van der Waals surface area contributed by atoms with Crippen LogP contribution in [-0.4, -0.2) is 31.5 Å². The van der Waals surface area contributed by atoms with E-state index in [0.717, 1.165) is 11.1 Å². The average molecular weight is 190 g/mol. The van der Waals surface area contributed by atoms with Gasteiger partial charge in [-0.05, 0) is 11.6 Å². The Hall–Kier alpha value is -1.41. The first-order valence-corrected chi connectivity index (χ1v) is 4.54. The highest BCUT2D eigenvalue weighted by Gasteiger charge is 2.23. The molecule has 2 heteroatoms. The maximum Gasteiger partial charge on any atom is 0.345 e. The molecule has 0 aliphatic carbocycles. The Bertz CT molecular complexity index is 361. The summed E-state index contributed by atoms with van der Waals surface area (Å²) in [5.74, 6) is 0.0977. The van der Waals surface area contributed by atoms with Crippen LogP contribution >= 0.6 is 0 Å². The highest BCUT2D eigenvalue weighted by Crippen LogP contribution is 2.14. The van der Waals surface area contributed by atoms with Gasteiger partial charge in [-0.15, -0.1) is 0 Å². The zero-order valence-corrected chi connectivity index (χ0v) is 8.95. The number of quaternary nitrogens is 1. The van der Waals surface area contributed by atoms with Crippen molar-refractivity contribution in [2.24, 2.45) is 0 Å². The second-order valence-corrected chi connectivity index (χ2v) is 4.11. The van der Waals surface area contributed by atoms with Crippen LogP contribution in [0.2, 0.25) is 0 Å². The van der Waals surface area contributed by atoms with Crippen LogP contribution in [-0.2, 0) is 0 Å². The molecule has 1 rings (SSSR count). The van der Waals surface area contributed by atoms with Crippen LogP contribution in [0.1, 0.15) is 15.9 Å². The van der Waals surface area contributed by atoms with Gasteiger partial charge in [0, 0.05) is 0 Å². The van der Waals surface area contributed by atoms with Crippen molar-refractivity contribution in [3.63, 3.8) is 0 Å². The zero-order valence-electron chi connectivity index (χ0n) is 8.95. The normalized spacial score (nSPS) is 11.1. The number of hydrogen-bond donors (Lipinski definition) is 0. The molecule has 0 saturated heterocycles. The Morgan fingerprint density at radius 1 is 1.29 bits per heavy atom. The number of nitrogens with zero attached hydrogens (tertiary/aromatic N) is 1. The predicted octanol–water partition coefficient (Wildman–Crippen LogP) is 2.18. The van der Waals surface area contributed by atoms with Crippen LogP contribution in [0.5, 0.6) is 0 Å². The van der Waals surface area contributed by atoms with E-state index in [4.69, 9.17) is 0 Å². The van der Waals surface area contributed by atoms with E-state index in [2.05, 4.69) is 6.58 Å². The lowest BCUT2D eigenvalue weighted by Crippen LogP contribution is -2.41. The quantitative estimate of drug-likeness (QED) is 0.653. The van der Waals surface area contributed by atoms with Gasteiger partial charge in [-0.25, -0.2) is 4.79 Å². The van der Waals surface area contributed by atoms with Crippen LogP contribution in [0, 0.1) is 0 Å². The van der Waals surface area contributed by atoms with Gasteiger partial charge in [-0.1, -0.05) is 30.9 Å². The second kappa shape index (κ2) is 3.76. The van der Waals surface area contributed by atoms with E-state index in [-0.39, 0.29) is 5.91 Å². The first kappa shape index (κ1) is 10.7.